The van der Waals surface area contributed by atoms with E-state index in [0.717, 1.165) is 15.6 Å². The summed E-state index contributed by atoms with van der Waals surface area (Å²) >= 11 is 3.51. The van der Waals surface area contributed by atoms with Crippen LogP contribution in [0.5, 0.6) is 0 Å². The number of benzene rings is 1. The fourth-order valence-corrected chi connectivity index (χ4v) is 4.07. The number of carbonyl (C=O) groups is 2. The second-order valence-corrected chi connectivity index (χ2v) is 7.76. The van der Waals surface area contributed by atoms with E-state index < -0.39 is 17.7 Å². The zero-order valence-corrected chi connectivity index (χ0v) is 18.1. The Morgan fingerprint density at radius 2 is 1.93 bits per heavy atom. The van der Waals surface area contributed by atoms with Crippen molar-refractivity contribution < 1.29 is 28.6 Å². The fourth-order valence-electron chi connectivity index (χ4n) is 3.61. The highest BCUT2D eigenvalue weighted by atomic mass is 79.9. The van der Waals surface area contributed by atoms with Gasteiger partial charge in [0.25, 0.3) is 0 Å². The summed E-state index contributed by atoms with van der Waals surface area (Å²) in [6.07, 6.45) is 0.0759. The Labute approximate surface area is 172 Å². The topological polar surface area (TPSA) is 74.3 Å². The molecule has 2 aliphatic heterocycles. The highest BCUT2D eigenvalue weighted by Crippen LogP contribution is 2.46. The average Bonchev–Trinajstić information content (AvgIpc) is 2.90. The minimum atomic E-state index is -0.998. The van der Waals surface area contributed by atoms with Crippen LogP contribution in [0.1, 0.15) is 36.5 Å². The Hall–Kier alpha value is -1.90. The van der Waals surface area contributed by atoms with Gasteiger partial charge in [-0.2, -0.15) is 5.06 Å². The zero-order chi connectivity index (χ0) is 20.5. The normalized spacial score (nSPS) is 19.1. The number of hydroxylamine groups is 2. The van der Waals surface area contributed by atoms with Crippen molar-refractivity contribution in [1.29, 1.82) is 0 Å². The van der Waals surface area contributed by atoms with E-state index in [1.54, 1.807) is 19.1 Å². The third-order valence-electron chi connectivity index (χ3n) is 5.14. The van der Waals surface area contributed by atoms with Crippen LogP contribution in [0.3, 0.4) is 0 Å². The van der Waals surface area contributed by atoms with E-state index in [2.05, 4.69) is 15.9 Å². The molecule has 8 heteroatoms. The molecule has 0 saturated carbocycles. The van der Waals surface area contributed by atoms with Gasteiger partial charge in [-0.25, -0.2) is 9.59 Å². The maximum absolute atomic E-state index is 12.9. The van der Waals surface area contributed by atoms with Crippen LogP contribution in [-0.2, 0) is 23.8 Å². The molecule has 1 spiro atoms. The van der Waals surface area contributed by atoms with E-state index in [9.17, 15) is 9.59 Å². The molecule has 0 atom stereocenters. The third kappa shape index (κ3) is 3.81. The largest absolute Gasteiger partial charge is 0.513 e. The number of ether oxygens (including phenoxy) is 3. The molecule has 7 nitrogen and oxygen atoms in total. The number of aryl methyl sites for hydroxylation is 2. The Morgan fingerprint density at radius 3 is 2.54 bits per heavy atom. The standard InChI is InChI=1S/C20H24BrNO6/c1-5-26-19(24)27-17-16(14-10-13(3)15(21)11-12(14)2)18(23)28-20(17)6-8-22(25-4)9-7-20/h10-11H,5-9H2,1-4H3. The molecule has 1 fully saturated rings. The van der Waals surface area contributed by atoms with Gasteiger partial charge in [-0.3, -0.25) is 0 Å². The number of esters is 1. The van der Waals surface area contributed by atoms with Crippen molar-refractivity contribution in [2.24, 2.45) is 0 Å². The van der Waals surface area contributed by atoms with E-state index >= 15 is 0 Å². The lowest BCUT2D eigenvalue weighted by Gasteiger charge is -2.37. The monoisotopic (exact) mass is 453 g/mol. The molecule has 0 bridgehead atoms. The van der Waals surface area contributed by atoms with Crippen LogP contribution in [0.15, 0.2) is 22.4 Å². The number of piperidine rings is 1. The van der Waals surface area contributed by atoms with Gasteiger partial charge in [0.2, 0.25) is 0 Å². The van der Waals surface area contributed by atoms with E-state index in [1.165, 1.54) is 0 Å². The van der Waals surface area contributed by atoms with Crippen LogP contribution < -0.4 is 0 Å². The van der Waals surface area contributed by atoms with Gasteiger partial charge in [-0.1, -0.05) is 15.9 Å². The van der Waals surface area contributed by atoms with Crippen LogP contribution in [0.2, 0.25) is 0 Å². The van der Waals surface area contributed by atoms with Crippen molar-refractivity contribution in [2.45, 2.75) is 39.2 Å². The molecule has 1 aromatic carbocycles. The van der Waals surface area contributed by atoms with E-state index in [1.807, 2.05) is 26.0 Å². The average molecular weight is 454 g/mol. The van der Waals surface area contributed by atoms with E-state index in [4.69, 9.17) is 19.0 Å². The van der Waals surface area contributed by atoms with Gasteiger partial charge < -0.3 is 19.0 Å². The summed E-state index contributed by atoms with van der Waals surface area (Å²) in [5.74, 6) is -0.258. The van der Waals surface area contributed by atoms with Gasteiger partial charge in [-0.15, -0.1) is 0 Å². The number of carbonyl (C=O) groups excluding carboxylic acids is 2. The first kappa shape index (κ1) is 20.8. The molecule has 0 aliphatic carbocycles. The van der Waals surface area contributed by atoms with Gasteiger partial charge in [0, 0.05) is 30.4 Å². The SMILES string of the molecule is CCOC(=O)OC1=C(c2cc(C)c(Br)cc2C)C(=O)OC12CCN(OC)CC2. The predicted octanol–water partition coefficient (Wildman–Crippen LogP) is 3.90. The van der Waals surface area contributed by atoms with Gasteiger partial charge in [0.15, 0.2) is 11.4 Å². The van der Waals surface area contributed by atoms with Crippen molar-refractivity contribution >= 4 is 33.6 Å². The summed E-state index contributed by atoms with van der Waals surface area (Å²) in [5.41, 5.74) is 1.82. The van der Waals surface area contributed by atoms with Crippen LogP contribution in [0, 0.1) is 13.8 Å². The minimum absolute atomic E-state index is 0.178. The molecule has 0 aromatic heterocycles. The van der Waals surface area contributed by atoms with E-state index in [-0.39, 0.29) is 17.9 Å². The second-order valence-electron chi connectivity index (χ2n) is 6.90. The van der Waals surface area contributed by atoms with Crippen molar-refractivity contribution in [3.8, 4) is 0 Å². The molecular weight excluding hydrogens is 430 g/mol. The van der Waals surface area contributed by atoms with Crippen molar-refractivity contribution in [1.82, 2.24) is 5.06 Å². The van der Waals surface area contributed by atoms with Crippen LogP contribution in [0.25, 0.3) is 5.57 Å². The summed E-state index contributed by atoms with van der Waals surface area (Å²) in [4.78, 5) is 30.3. The maximum atomic E-state index is 12.9. The quantitative estimate of drug-likeness (QED) is 0.639. The smallest absolute Gasteiger partial charge is 0.447 e. The summed E-state index contributed by atoms with van der Waals surface area (Å²) in [6, 6.07) is 3.83. The number of hydrogen-bond acceptors (Lipinski definition) is 7. The summed E-state index contributed by atoms with van der Waals surface area (Å²) in [7, 11) is 1.60. The Bertz CT molecular complexity index is 826. The number of rotatable bonds is 4. The number of halogens is 1. The lowest BCUT2D eigenvalue weighted by molar-refractivity contribution is -0.183. The van der Waals surface area contributed by atoms with Crippen LogP contribution >= 0.6 is 15.9 Å². The molecule has 1 saturated heterocycles. The molecule has 0 N–H and O–H groups in total. The first-order valence-corrected chi connectivity index (χ1v) is 9.99. The summed E-state index contributed by atoms with van der Waals surface area (Å²) < 4.78 is 17.3. The van der Waals surface area contributed by atoms with Gasteiger partial charge in [-0.05, 0) is 49.6 Å². The molecular formula is C20H24BrNO6. The highest BCUT2D eigenvalue weighted by Gasteiger charge is 2.52. The molecule has 2 heterocycles. The molecule has 2 aliphatic rings. The lowest BCUT2D eigenvalue weighted by Crippen LogP contribution is -2.46. The maximum Gasteiger partial charge on any atom is 0.513 e. The van der Waals surface area contributed by atoms with Gasteiger partial charge >= 0.3 is 12.1 Å². The van der Waals surface area contributed by atoms with Crippen LogP contribution in [0.4, 0.5) is 4.79 Å². The Morgan fingerprint density at radius 1 is 1.25 bits per heavy atom. The Kier molecular flexibility index (Phi) is 6.12. The first-order valence-electron chi connectivity index (χ1n) is 9.20. The molecule has 1 aromatic rings. The summed E-state index contributed by atoms with van der Waals surface area (Å²) in [5, 5.41) is 1.79. The molecule has 0 radical (unpaired) electrons. The van der Waals surface area contributed by atoms with Gasteiger partial charge in [0.1, 0.15) is 5.57 Å². The number of hydrogen-bond donors (Lipinski definition) is 0. The molecule has 152 valence electrons. The molecule has 3 rings (SSSR count). The van der Waals surface area contributed by atoms with Gasteiger partial charge in [0.05, 0.1) is 13.7 Å². The first-order chi connectivity index (χ1) is 13.3. The van der Waals surface area contributed by atoms with Crippen molar-refractivity contribution in [2.75, 3.05) is 26.8 Å². The Balaban J connectivity index is 2.10. The minimum Gasteiger partial charge on any atom is -0.447 e. The molecule has 28 heavy (non-hydrogen) atoms. The molecule has 0 unspecified atom stereocenters. The molecule has 0 amide bonds. The second kappa shape index (κ2) is 8.23. The lowest BCUT2D eigenvalue weighted by atomic mass is 9.87. The van der Waals surface area contributed by atoms with Crippen molar-refractivity contribution in [3.05, 3.63) is 39.1 Å². The van der Waals surface area contributed by atoms with Crippen molar-refractivity contribution in [3.63, 3.8) is 0 Å². The van der Waals surface area contributed by atoms with E-state index in [0.29, 0.717) is 31.5 Å². The highest BCUT2D eigenvalue weighted by molar-refractivity contribution is 9.10. The zero-order valence-electron chi connectivity index (χ0n) is 16.5. The number of nitrogens with zero attached hydrogens (tertiary/aromatic N) is 1. The van der Waals surface area contributed by atoms with Crippen LogP contribution in [-0.4, -0.2) is 49.6 Å². The predicted molar refractivity (Wildman–Crippen MR) is 105 cm³/mol. The summed E-state index contributed by atoms with van der Waals surface area (Å²) in [6.45, 7) is 6.81. The third-order valence-corrected chi connectivity index (χ3v) is 6.00. The fraction of sp³-hybridized carbons (Fsp3) is 0.500.